The molecular weight excluding hydrogens is 309 g/mol. The second kappa shape index (κ2) is 5.38. The van der Waals surface area contributed by atoms with Crippen LogP contribution >= 0.6 is 0 Å². The highest BCUT2D eigenvalue weighted by Crippen LogP contribution is 2.39. The maximum Gasteiger partial charge on any atom is 0.256 e. The number of anilines is 1. The average molecular weight is 321 g/mol. The van der Waals surface area contributed by atoms with Crippen molar-refractivity contribution < 1.29 is 12.8 Å². The quantitative estimate of drug-likeness (QED) is 0.920. The van der Waals surface area contributed by atoms with Gasteiger partial charge in [-0.2, -0.15) is 10.2 Å². The highest BCUT2D eigenvalue weighted by molar-refractivity contribution is 7.92. The van der Waals surface area contributed by atoms with Crippen molar-refractivity contribution in [3.63, 3.8) is 0 Å². The molecule has 2 heterocycles. The summed E-state index contributed by atoms with van der Waals surface area (Å²) in [4.78, 5) is 3.89. The molecule has 22 heavy (non-hydrogen) atoms. The van der Waals surface area contributed by atoms with Gasteiger partial charge in [0.2, 0.25) is 10.0 Å². The first-order valence-corrected chi connectivity index (χ1v) is 8.18. The Balaban J connectivity index is 1.92. The highest BCUT2D eigenvalue weighted by Gasteiger charge is 2.35. The molecule has 0 amide bonds. The van der Waals surface area contributed by atoms with E-state index in [0.29, 0.717) is 0 Å². The summed E-state index contributed by atoms with van der Waals surface area (Å²) in [5.74, 6) is -0.838. The Hall–Kier alpha value is -2.47. The third kappa shape index (κ3) is 2.65. The van der Waals surface area contributed by atoms with Crippen LogP contribution in [0, 0.1) is 11.3 Å². The van der Waals surface area contributed by atoms with E-state index in [2.05, 4.69) is 14.8 Å². The molecule has 1 aliphatic heterocycles. The van der Waals surface area contributed by atoms with Gasteiger partial charge in [-0.05, 0) is 5.56 Å². The van der Waals surface area contributed by atoms with Crippen LogP contribution in [-0.2, 0) is 10.0 Å². The van der Waals surface area contributed by atoms with Gasteiger partial charge in [0.15, 0.2) is 17.7 Å². The molecule has 0 fully saturated rings. The van der Waals surface area contributed by atoms with E-state index in [0.717, 1.165) is 5.56 Å². The van der Waals surface area contributed by atoms with Crippen LogP contribution in [0.3, 0.4) is 0 Å². The maximum absolute atomic E-state index is 14.1. The molecule has 0 unspecified atom stereocenters. The van der Waals surface area contributed by atoms with Gasteiger partial charge in [-0.25, -0.2) is 22.2 Å². The Kier molecular flexibility index (Phi) is 3.54. The molecule has 0 spiro atoms. The summed E-state index contributed by atoms with van der Waals surface area (Å²) < 4.78 is 40.7. The summed E-state index contributed by atoms with van der Waals surface area (Å²) in [6.45, 7) is 0. The molecule has 1 aromatic carbocycles. The molecule has 2 aromatic rings. The fourth-order valence-corrected chi connectivity index (χ4v) is 3.04. The lowest BCUT2D eigenvalue weighted by Crippen LogP contribution is -2.17. The van der Waals surface area contributed by atoms with E-state index in [4.69, 9.17) is 5.26 Å². The van der Waals surface area contributed by atoms with Crippen molar-refractivity contribution in [2.24, 2.45) is 0 Å². The smallest absolute Gasteiger partial charge is 0.249 e. The number of sulfonamides is 1. The molecule has 0 radical (unpaired) electrons. The van der Waals surface area contributed by atoms with Crippen molar-refractivity contribution in [2.75, 3.05) is 10.5 Å². The largest absolute Gasteiger partial charge is 0.256 e. The van der Waals surface area contributed by atoms with E-state index < -0.39 is 21.9 Å². The zero-order chi connectivity index (χ0) is 15.7. The number of rotatable bonds is 4. The molecule has 9 heteroatoms. The number of benzene rings is 1. The SMILES string of the molecule is N#CCS(=O)(=O)Nc1nc2n(n1)[C@H](c1ccccc1)C[C@@H]2F. The fraction of sp³-hybridized carbons (Fsp3) is 0.308. The van der Waals surface area contributed by atoms with Gasteiger partial charge in [0.05, 0.1) is 12.1 Å². The molecule has 2 atom stereocenters. The number of alkyl halides is 1. The van der Waals surface area contributed by atoms with Crippen molar-refractivity contribution in [1.29, 1.82) is 5.26 Å². The number of nitrogens with zero attached hydrogens (tertiary/aromatic N) is 4. The molecule has 1 N–H and O–H groups in total. The first-order valence-electron chi connectivity index (χ1n) is 6.53. The van der Waals surface area contributed by atoms with Crippen molar-refractivity contribution in [1.82, 2.24) is 14.8 Å². The number of hydrogen-bond acceptors (Lipinski definition) is 5. The minimum atomic E-state index is -3.84. The van der Waals surface area contributed by atoms with E-state index in [-0.39, 0.29) is 24.2 Å². The molecule has 0 saturated carbocycles. The second-order valence-corrected chi connectivity index (χ2v) is 6.61. The van der Waals surface area contributed by atoms with Gasteiger partial charge >= 0.3 is 0 Å². The van der Waals surface area contributed by atoms with Crippen molar-refractivity contribution in [2.45, 2.75) is 18.6 Å². The van der Waals surface area contributed by atoms with Gasteiger partial charge in [-0.3, -0.25) is 0 Å². The Morgan fingerprint density at radius 3 is 2.82 bits per heavy atom. The van der Waals surface area contributed by atoms with Crippen LogP contribution in [0.1, 0.15) is 30.0 Å². The molecule has 3 rings (SSSR count). The number of nitrogens with one attached hydrogen (secondary N) is 1. The first-order chi connectivity index (χ1) is 10.5. The predicted octanol–water partition coefficient (Wildman–Crippen LogP) is 1.55. The van der Waals surface area contributed by atoms with Crippen molar-refractivity contribution in [3.05, 3.63) is 41.7 Å². The molecular formula is C13H12FN5O2S. The summed E-state index contributed by atoms with van der Waals surface area (Å²) >= 11 is 0. The maximum atomic E-state index is 14.1. The lowest BCUT2D eigenvalue weighted by atomic mass is 10.0. The summed E-state index contributed by atoms with van der Waals surface area (Å²) in [6.07, 6.45) is -1.10. The molecule has 1 aliphatic rings. The monoisotopic (exact) mass is 321 g/mol. The van der Waals surface area contributed by atoms with Crippen LogP contribution in [0.2, 0.25) is 0 Å². The van der Waals surface area contributed by atoms with Gasteiger partial charge in [0.25, 0.3) is 5.95 Å². The zero-order valence-electron chi connectivity index (χ0n) is 11.3. The fourth-order valence-electron chi connectivity index (χ4n) is 2.44. The van der Waals surface area contributed by atoms with Crippen LogP contribution in [0.5, 0.6) is 0 Å². The van der Waals surface area contributed by atoms with Crippen LogP contribution in [0.25, 0.3) is 0 Å². The highest BCUT2D eigenvalue weighted by atomic mass is 32.2. The lowest BCUT2D eigenvalue weighted by Gasteiger charge is -2.11. The number of halogens is 1. The summed E-state index contributed by atoms with van der Waals surface area (Å²) in [7, 11) is -3.84. The van der Waals surface area contributed by atoms with Crippen LogP contribution in [0.4, 0.5) is 10.3 Å². The normalized spacial score (nSPS) is 20.4. The molecule has 1 aromatic heterocycles. The lowest BCUT2D eigenvalue weighted by molar-refractivity contribution is 0.329. The van der Waals surface area contributed by atoms with Crippen LogP contribution < -0.4 is 4.72 Å². The molecule has 0 bridgehead atoms. The number of fused-ring (bicyclic) bond motifs is 1. The van der Waals surface area contributed by atoms with Crippen LogP contribution in [-0.4, -0.2) is 28.9 Å². The van der Waals surface area contributed by atoms with Crippen LogP contribution in [0.15, 0.2) is 30.3 Å². The summed E-state index contributed by atoms with van der Waals surface area (Å²) in [6, 6.07) is 10.5. The van der Waals surface area contributed by atoms with E-state index in [1.165, 1.54) is 10.8 Å². The minimum absolute atomic E-state index is 0.0866. The van der Waals surface area contributed by atoms with E-state index in [9.17, 15) is 12.8 Å². The Labute approximate surface area is 126 Å². The Morgan fingerprint density at radius 1 is 1.41 bits per heavy atom. The van der Waals surface area contributed by atoms with Crippen molar-refractivity contribution in [3.8, 4) is 6.07 Å². The third-order valence-electron chi connectivity index (χ3n) is 3.35. The molecule has 7 nitrogen and oxygen atoms in total. The minimum Gasteiger partial charge on any atom is -0.249 e. The average Bonchev–Trinajstić information content (AvgIpc) is 2.99. The van der Waals surface area contributed by atoms with Gasteiger partial charge in [-0.1, -0.05) is 30.3 Å². The van der Waals surface area contributed by atoms with E-state index in [1.807, 2.05) is 30.3 Å². The molecule has 0 aliphatic carbocycles. The number of nitriles is 1. The summed E-state index contributed by atoms with van der Waals surface area (Å²) in [5.41, 5.74) is 0.875. The molecule has 0 saturated heterocycles. The number of aromatic nitrogens is 3. The number of hydrogen-bond donors (Lipinski definition) is 1. The predicted molar refractivity (Wildman–Crippen MR) is 76.1 cm³/mol. The molecule has 114 valence electrons. The summed E-state index contributed by atoms with van der Waals surface area (Å²) in [5, 5.41) is 12.5. The van der Waals surface area contributed by atoms with Gasteiger partial charge in [-0.15, -0.1) is 5.10 Å². The Morgan fingerprint density at radius 2 is 2.14 bits per heavy atom. The van der Waals surface area contributed by atoms with Crippen molar-refractivity contribution >= 4 is 16.0 Å². The van der Waals surface area contributed by atoms with Gasteiger partial charge in [0, 0.05) is 6.42 Å². The first kappa shape index (κ1) is 14.5. The standard InChI is InChI=1S/C13H12FN5O2S/c14-10-8-11(9-4-2-1-3-5-9)19-12(10)16-13(17-19)18-22(20,21)7-6-15/h1-5,10-11H,7-8H2,(H,17,18)/t10-,11-/m0/s1. The van der Waals surface area contributed by atoms with Gasteiger partial charge in [0.1, 0.15) is 0 Å². The topological polar surface area (TPSA) is 101 Å². The van der Waals surface area contributed by atoms with E-state index >= 15 is 0 Å². The third-order valence-corrected chi connectivity index (χ3v) is 4.35. The Bertz CT molecular complexity index is 828. The second-order valence-electron chi connectivity index (χ2n) is 4.89. The van der Waals surface area contributed by atoms with E-state index in [1.54, 1.807) is 0 Å². The zero-order valence-corrected chi connectivity index (χ0v) is 12.2. The van der Waals surface area contributed by atoms with Gasteiger partial charge < -0.3 is 0 Å².